The Bertz CT molecular complexity index is 1040. The number of H-pyrrole nitrogens is 1. The van der Waals surface area contributed by atoms with Gasteiger partial charge in [-0.3, -0.25) is 0 Å². The van der Waals surface area contributed by atoms with Crippen molar-refractivity contribution in [3.8, 4) is 17.0 Å². The minimum absolute atomic E-state index is 0.139. The summed E-state index contributed by atoms with van der Waals surface area (Å²) < 4.78 is 15.2. The number of nitrogens with zero attached hydrogens (tertiary/aromatic N) is 2. The highest BCUT2D eigenvalue weighted by Gasteiger charge is 2.12. The molecule has 0 unspecified atom stereocenters. The zero-order valence-corrected chi connectivity index (χ0v) is 13.3. The molecule has 0 aliphatic rings. The Labute approximate surface area is 142 Å². The molecule has 0 aliphatic heterocycles. The first-order valence-corrected chi connectivity index (χ1v) is 7.74. The molecule has 4 aromatic rings. The second-order valence-corrected chi connectivity index (χ2v) is 6.03. The molecule has 0 atom stereocenters. The lowest BCUT2D eigenvalue weighted by atomic mass is 10.1. The number of aromatic nitrogens is 3. The van der Waals surface area contributed by atoms with E-state index in [4.69, 9.17) is 11.6 Å². The predicted octanol–water partition coefficient (Wildman–Crippen LogP) is 4.58. The average Bonchev–Trinajstić information content (AvgIpc) is 3.16. The third-order valence-corrected chi connectivity index (χ3v) is 4.16. The van der Waals surface area contributed by atoms with Crippen LogP contribution in [-0.4, -0.2) is 19.6 Å². The van der Waals surface area contributed by atoms with Gasteiger partial charge < -0.3 is 14.7 Å². The summed E-state index contributed by atoms with van der Waals surface area (Å²) in [6.07, 6.45) is 3.36. The second-order valence-electron chi connectivity index (χ2n) is 5.59. The molecule has 2 N–H and O–H groups in total. The normalized spacial score (nSPS) is 11.2. The molecule has 2 aromatic carbocycles. The largest absolute Gasteiger partial charge is 0.507 e. The number of benzene rings is 2. The predicted molar refractivity (Wildman–Crippen MR) is 91.7 cm³/mol. The van der Waals surface area contributed by atoms with Gasteiger partial charge in [0, 0.05) is 27.2 Å². The van der Waals surface area contributed by atoms with Crippen LogP contribution in [0.1, 0.15) is 5.69 Å². The standard InChI is InChI=1S/C18H13ClFN3O/c19-12-1-4-18(24)15(7-12)17-8-21-10-23(17)9-14-6-11-5-13(20)2-3-16(11)22-14/h1-8,10,22,24H,9H2. The van der Waals surface area contributed by atoms with Crippen molar-refractivity contribution >= 4 is 22.5 Å². The summed E-state index contributed by atoms with van der Waals surface area (Å²) in [7, 11) is 0. The molecule has 0 aliphatic carbocycles. The fourth-order valence-corrected chi connectivity index (χ4v) is 2.99. The quantitative estimate of drug-likeness (QED) is 0.573. The van der Waals surface area contributed by atoms with E-state index in [-0.39, 0.29) is 11.6 Å². The lowest BCUT2D eigenvalue weighted by molar-refractivity contribution is 0.476. The van der Waals surface area contributed by atoms with Gasteiger partial charge >= 0.3 is 0 Å². The molecule has 2 heterocycles. The van der Waals surface area contributed by atoms with Gasteiger partial charge in [-0.25, -0.2) is 9.37 Å². The molecular formula is C18H13ClFN3O. The molecule has 0 bridgehead atoms. The minimum Gasteiger partial charge on any atom is -0.507 e. The summed E-state index contributed by atoms with van der Waals surface area (Å²) in [5, 5.41) is 11.4. The van der Waals surface area contributed by atoms with Crippen molar-refractivity contribution in [2.75, 3.05) is 0 Å². The van der Waals surface area contributed by atoms with Gasteiger partial charge in [0.15, 0.2) is 0 Å². The summed E-state index contributed by atoms with van der Waals surface area (Å²) in [4.78, 5) is 7.43. The van der Waals surface area contributed by atoms with Crippen molar-refractivity contribution in [2.45, 2.75) is 6.54 Å². The Kier molecular flexibility index (Phi) is 3.50. The maximum Gasteiger partial charge on any atom is 0.125 e. The molecule has 0 radical (unpaired) electrons. The van der Waals surface area contributed by atoms with E-state index in [2.05, 4.69) is 9.97 Å². The molecule has 2 aromatic heterocycles. The topological polar surface area (TPSA) is 53.8 Å². The van der Waals surface area contributed by atoms with Gasteiger partial charge in [0.05, 0.1) is 24.8 Å². The Morgan fingerprint density at radius 2 is 2.04 bits per heavy atom. The van der Waals surface area contributed by atoms with Gasteiger partial charge in [0.1, 0.15) is 11.6 Å². The van der Waals surface area contributed by atoms with E-state index in [0.29, 0.717) is 17.1 Å². The number of nitrogens with one attached hydrogen (secondary N) is 1. The van der Waals surface area contributed by atoms with E-state index in [1.54, 1.807) is 36.8 Å². The molecule has 0 saturated carbocycles. The summed E-state index contributed by atoms with van der Waals surface area (Å²) in [6.45, 7) is 0.511. The van der Waals surface area contributed by atoms with Gasteiger partial charge in [-0.1, -0.05) is 11.6 Å². The van der Waals surface area contributed by atoms with Crippen LogP contribution in [-0.2, 0) is 6.54 Å². The van der Waals surface area contributed by atoms with Crippen molar-refractivity contribution in [3.63, 3.8) is 0 Å². The lowest BCUT2D eigenvalue weighted by Gasteiger charge is -2.09. The highest BCUT2D eigenvalue weighted by molar-refractivity contribution is 6.30. The number of imidazole rings is 1. The molecule has 120 valence electrons. The third-order valence-electron chi connectivity index (χ3n) is 3.93. The van der Waals surface area contributed by atoms with Gasteiger partial charge in [-0.05, 0) is 42.5 Å². The SMILES string of the molecule is Oc1ccc(Cl)cc1-c1cncn1Cc1cc2cc(F)ccc2[nH]1. The maximum absolute atomic E-state index is 13.3. The Morgan fingerprint density at radius 1 is 1.17 bits per heavy atom. The number of rotatable bonds is 3. The molecular weight excluding hydrogens is 329 g/mol. The minimum atomic E-state index is -0.264. The van der Waals surface area contributed by atoms with Crippen LogP contribution in [0.2, 0.25) is 5.02 Å². The molecule has 6 heteroatoms. The van der Waals surface area contributed by atoms with Crippen molar-refractivity contribution in [1.82, 2.24) is 14.5 Å². The third kappa shape index (κ3) is 2.63. The van der Waals surface area contributed by atoms with Crippen LogP contribution in [0, 0.1) is 5.82 Å². The Balaban J connectivity index is 1.73. The first-order valence-electron chi connectivity index (χ1n) is 7.36. The van der Waals surface area contributed by atoms with Crippen LogP contribution in [0.3, 0.4) is 0 Å². The Morgan fingerprint density at radius 3 is 2.92 bits per heavy atom. The zero-order valence-electron chi connectivity index (χ0n) is 12.5. The fraction of sp³-hybridized carbons (Fsp3) is 0.0556. The summed E-state index contributed by atoms with van der Waals surface area (Å²) in [5.74, 6) is -0.125. The summed E-state index contributed by atoms with van der Waals surface area (Å²) in [5.41, 5.74) is 3.15. The fourth-order valence-electron chi connectivity index (χ4n) is 2.82. The number of phenolic OH excluding ortho intramolecular Hbond substituents is 1. The van der Waals surface area contributed by atoms with Crippen molar-refractivity contribution in [2.24, 2.45) is 0 Å². The van der Waals surface area contributed by atoms with Gasteiger partial charge in [-0.15, -0.1) is 0 Å². The van der Waals surface area contributed by atoms with Crippen LogP contribution < -0.4 is 0 Å². The van der Waals surface area contributed by atoms with Crippen LogP contribution in [0.4, 0.5) is 4.39 Å². The molecule has 24 heavy (non-hydrogen) atoms. The molecule has 4 rings (SSSR count). The van der Waals surface area contributed by atoms with E-state index in [1.165, 1.54) is 12.1 Å². The number of fused-ring (bicyclic) bond motifs is 1. The highest BCUT2D eigenvalue weighted by atomic mass is 35.5. The number of hydrogen-bond donors (Lipinski definition) is 2. The summed E-state index contributed by atoms with van der Waals surface area (Å²) in [6, 6.07) is 11.4. The molecule has 0 saturated heterocycles. The number of aromatic amines is 1. The van der Waals surface area contributed by atoms with Crippen LogP contribution in [0.5, 0.6) is 5.75 Å². The first kappa shape index (κ1) is 14.8. The zero-order chi connectivity index (χ0) is 16.7. The van der Waals surface area contributed by atoms with E-state index in [1.807, 2.05) is 10.6 Å². The second kappa shape index (κ2) is 5.69. The highest BCUT2D eigenvalue weighted by Crippen LogP contribution is 2.32. The molecule has 0 spiro atoms. The maximum atomic E-state index is 13.3. The number of aromatic hydroxyl groups is 1. The van der Waals surface area contributed by atoms with E-state index < -0.39 is 0 Å². The van der Waals surface area contributed by atoms with Crippen LogP contribution >= 0.6 is 11.6 Å². The molecule has 4 nitrogen and oxygen atoms in total. The smallest absolute Gasteiger partial charge is 0.125 e. The summed E-state index contributed by atoms with van der Waals surface area (Å²) >= 11 is 6.03. The number of phenols is 1. The first-order chi connectivity index (χ1) is 11.6. The van der Waals surface area contributed by atoms with Crippen LogP contribution in [0.15, 0.2) is 55.0 Å². The van der Waals surface area contributed by atoms with E-state index >= 15 is 0 Å². The van der Waals surface area contributed by atoms with Gasteiger partial charge in [-0.2, -0.15) is 0 Å². The molecule has 0 amide bonds. The van der Waals surface area contributed by atoms with Crippen LogP contribution in [0.25, 0.3) is 22.2 Å². The number of halogens is 2. The van der Waals surface area contributed by atoms with E-state index in [9.17, 15) is 9.50 Å². The van der Waals surface area contributed by atoms with Gasteiger partial charge in [0.2, 0.25) is 0 Å². The van der Waals surface area contributed by atoms with Gasteiger partial charge in [0.25, 0.3) is 0 Å². The lowest BCUT2D eigenvalue weighted by Crippen LogP contribution is -2.00. The molecule has 0 fully saturated rings. The average molecular weight is 342 g/mol. The van der Waals surface area contributed by atoms with Crippen molar-refractivity contribution in [1.29, 1.82) is 0 Å². The monoisotopic (exact) mass is 341 g/mol. The Hall–Kier alpha value is -2.79. The van der Waals surface area contributed by atoms with Crippen molar-refractivity contribution < 1.29 is 9.50 Å². The number of hydrogen-bond acceptors (Lipinski definition) is 2. The van der Waals surface area contributed by atoms with Crippen molar-refractivity contribution in [3.05, 3.63) is 71.5 Å². The van der Waals surface area contributed by atoms with E-state index in [0.717, 1.165) is 22.3 Å².